The molecule has 5 heteroatoms. The van der Waals surface area contributed by atoms with E-state index >= 15 is 0 Å². The Kier molecular flexibility index (Phi) is 6.24. The second-order valence-electron chi connectivity index (χ2n) is 4.91. The van der Waals surface area contributed by atoms with Crippen LogP contribution in [0.3, 0.4) is 0 Å². The van der Waals surface area contributed by atoms with Gasteiger partial charge in [0.25, 0.3) is 5.91 Å². The summed E-state index contributed by atoms with van der Waals surface area (Å²) in [6.45, 7) is 4.21. The smallest absolute Gasteiger partial charge is 0.264 e. The van der Waals surface area contributed by atoms with Gasteiger partial charge in [0.1, 0.15) is 0 Å². The van der Waals surface area contributed by atoms with Gasteiger partial charge in [-0.15, -0.1) is 11.3 Å². The molecule has 0 bridgehead atoms. The zero-order valence-corrected chi connectivity index (χ0v) is 13.1. The van der Waals surface area contributed by atoms with Crippen LogP contribution in [-0.4, -0.2) is 48.3 Å². The van der Waals surface area contributed by atoms with Crippen molar-refractivity contribution in [2.75, 3.05) is 26.3 Å². The van der Waals surface area contributed by atoms with E-state index in [9.17, 15) is 4.79 Å². The molecular weight excluding hydrogens is 286 g/mol. The van der Waals surface area contributed by atoms with Crippen molar-refractivity contribution in [3.05, 3.63) is 21.9 Å². The number of rotatable bonds is 4. The summed E-state index contributed by atoms with van der Waals surface area (Å²) in [7, 11) is 0. The number of carbonyl (C=O) groups is 1. The van der Waals surface area contributed by atoms with Crippen molar-refractivity contribution in [1.29, 1.82) is 0 Å². The van der Waals surface area contributed by atoms with Crippen molar-refractivity contribution >= 4 is 17.2 Å². The number of ether oxygens (including phenoxy) is 1. The lowest BCUT2D eigenvalue weighted by atomic mass is 10.1. The summed E-state index contributed by atoms with van der Waals surface area (Å²) in [5.74, 6) is 5.91. The van der Waals surface area contributed by atoms with Gasteiger partial charge in [-0.05, 0) is 31.9 Å². The molecule has 1 atom stereocenters. The Bertz CT molecular complexity index is 527. The fourth-order valence-electron chi connectivity index (χ4n) is 2.38. The van der Waals surface area contributed by atoms with E-state index in [1.165, 1.54) is 11.3 Å². The summed E-state index contributed by atoms with van der Waals surface area (Å²) in [6.07, 6.45) is 2.64. The van der Waals surface area contributed by atoms with Crippen LogP contribution in [0.1, 0.15) is 40.7 Å². The Morgan fingerprint density at radius 2 is 2.43 bits per heavy atom. The topological polar surface area (TPSA) is 49.8 Å². The monoisotopic (exact) mass is 307 g/mol. The fraction of sp³-hybridized carbons (Fsp3) is 0.562. The van der Waals surface area contributed by atoms with Gasteiger partial charge >= 0.3 is 0 Å². The lowest BCUT2D eigenvalue weighted by molar-refractivity contribution is 0.00742. The Hall–Kier alpha value is -1.35. The van der Waals surface area contributed by atoms with Gasteiger partial charge in [0, 0.05) is 26.1 Å². The van der Waals surface area contributed by atoms with Crippen molar-refractivity contribution in [3.8, 4) is 11.8 Å². The number of aliphatic hydroxyl groups excluding tert-OH is 1. The highest BCUT2D eigenvalue weighted by molar-refractivity contribution is 7.14. The Labute approximate surface area is 129 Å². The quantitative estimate of drug-likeness (QED) is 0.867. The molecule has 1 unspecified atom stereocenters. The van der Waals surface area contributed by atoms with Crippen LogP contribution in [-0.2, 0) is 4.74 Å². The highest BCUT2D eigenvalue weighted by Gasteiger charge is 2.25. The molecule has 0 spiro atoms. The standard InChI is InChI=1S/C16H21NO3S/c1-2-20-13-6-5-10-17(12-13)16(19)15-9-8-14(21-15)7-3-4-11-18/h8-9,13,18H,2,4-6,10-12H2,1H3. The van der Waals surface area contributed by atoms with Crippen molar-refractivity contribution in [2.24, 2.45) is 0 Å². The molecule has 1 aliphatic heterocycles. The van der Waals surface area contributed by atoms with Crippen LogP contribution >= 0.6 is 11.3 Å². The van der Waals surface area contributed by atoms with Crippen LogP contribution in [0.2, 0.25) is 0 Å². The summed E-state index contributed by atoms with van der Waals surface area (Å²) < 4.78 is 5.63. The maximum Gasteiger partial charge on any atom is 0.264 e. The van der Waals surface area contributed by atoms with Crippen LogP contribution < -0.4 is 0 Å². The number of hydrogen-bond acceptors (Lipinski definition) is 4. The molecule has 0 saturated carbocycles. The first-order valence-electron chi connectivity index (χ1n) is 7.35. The van der Waals surface area contributed by atoms with Gasteiger partial charge in [0.15, 0.2) is 0 Å². The molecule has 1 aromatic heterocycles. The van der Waals surface area contributed by atoms with Gasteiger partial charge in [-0.3, -0.25) is 4.79 Å². The van der Waals surface area contributed by atoms with Crippen LogP contribution in [0.4, 0.5) is 0 Å². The third-order valence-electron chi connectivity index (χ3n) is 3.33. The largest absolute Gasteiger partial charge is 0.395 e. The number of amides is 1. The van der Waals surface area contributed by atoms with Crippen LogP contribution in [0, 0.1) is 11.8 Å². The summed E-state index contributed by atoms with van der Waals surface area (Å²) in [5, 5.41) is 8.70. The Morgan fingerprint density at radius 1 is 1.57 bits per heavy atom. The van der Waals surface area contributed by atoms with Crippen LogP contribution in [0.5, 0.6) is 0 Å². The average Bonchev–Trinajstić information content (AvgIpc) is 2.96. The number of piperidine rings is 1. The second-order valence-corrected chi connectivity index (χ2v) is 5.99. The van der Waals surface area contributed by atoms with Crippen molar-refractivity contribution < 1.29 is 14.6 Å². The minimum Gasteiger partial charge on any atom is -0.395 e. The first kappa shape index (κ1) is 16.0. The SMILES string of the molecule is CCOC1CCCN(C(=O)c2ccc(C#CCCO)s2)C1. The van der Waals surface area contributed by atoms with Gasteiger partial charge in [-0.1, -0.05) is 11.8 Å². The first-order chi connectivity index (χ1) is 10.2. The van der Waals surface area contributed by atoms with E-state index in [-0.39, 0.29) is 18.6 Å². The molecule has 1 aliphatic rings. The molecule has 1 N–H and O–H groups in total. The fourth-order valence-corrected chi connectivity index (χ4v) is 3.22. The summed E-state index contributed by atoms with van der Waals surface area (Å²) in [6, 6.07) is 3.70. The van der Waals surface area contributed by atoms with Crippen LogP contribution in [0.25, 0.3) is 0 Å². The number of aliphatic hydroxyl groups is 1. The first-order valence-corrected chi connectivity index (χ1v) is 8.16. The molecule has 4 nitrogen and oxygen atoms in total. The van der Waals surface area contributed by atoms with E-state index < -0.39 is 0 Å². The van der Waals surface area contributed by atoms with Gasteiger partial charge in [0.2, 0.25) is 0 Å². The predicted molar refractivity (Wildman–Crippen MR) is 83.5 cm³/mol. The minimum atomic E-state index is 0.0662. The summed E-state index contributed by atoms with van der Waals surface area (Å²) >= 11 is 1.41. The lowest BCUT2D eigenvalue weighted by Gasteiger charge is -2.32. The highest BCUT2D eigenvalue weighted by atomic mass is 32.1. The molecule has 1 aromatic rings. The molecule has 1 saturated heterocycles. The molecule has 0 radical (unpaired) electrons. The van der Waals surface area contributed by atoms with E-state index in [4.69, 9.17) is 9.84 Å². The molecule has 114 valence electrons. The van der Waals surface area contributed by atoms with Gasteiger partial charge in [0.05, 0.1) is 22.5 Å². The number of hydrogen-bond donors (Lipinski definition) is 1. The van der Waals surface area contributed by atoms with Gasteiger partial charge in [-0.25, -0.2) is 0 Å². The van der Waals surface area contributed by atoms with Crippen LogP contribution in [0.15, 0.2) is 12.1 Å². The molecule has 2 rings (SSSR count). The molecule has 1 amide bonds. The van der Waals surface area contributed by atoms with Gasteiger partial charge < -0.3 is 14.7 Å². The number of thiophene rings is 1. The van der Waals surface area contributed by atoms with E-state index in [2.05, 4.69) is 11.8 Å². The Morgan fingerprint density at radius 3 is 3.19 bits per heavy atom. The second kappa shape index (κ2) is 8.18. The lowest BCUT2D eigenvalue weighted by Crippen LogP contribution is -2.43. The Balaban J connectivity index is 1.98. The summed E-state index contributed by atoms with van der Waals surface area (Å²) in [4.78, 5) is 15.9. The highest BCUT2D eigenvalue weighted by Crippen LogP contribution is 2.21. The van der Waals surface area contributed by atoms with E-state index in [1.807, 2.05) is 24.0 Å². The predicted octanol–water partition coefficient (Wildman–Crippen LogP) is 2.12. The normalized spacial score (nSPS) is 18.2. The number of carbonyl (C=O) groups excluding carboxylic acids is 1. The minimum absolute atomic E-state index is 0.0662. The maximum atomic E-state index is 12.5. The van der Waals surface area contributed by atoms with Crippen molar-refractivity contribution in [2.45, 2.75) is 32.3 Å². The van der Waals surface area contributed by atoms with E-state index in [0.29, 0.717) is 19.6 Å². The summed E-state index contributed by atoms with van der Waals surface area (Å²) in [5.41, 5.74) is 0. The number of nitrogens with zero attached hydrogens (tertiary/aromatic N) is 1. The molecular formula is C16H21NO3S. The maximum absolute atomic E-state index is 12.5. The van der Waals surface area contributed by atoms with Crippen molar-refractivity contribution in [3.63, 3.8) is 0 Å². The third-order valence-corrected chi connectivity index (χ3v) is 4.32. The third kappa shape index (κ3) is 4.57. The zero-order valence-electron chi connectivity index (χ0n) is 12.3. The molecule has 0 aromatic carbocycles. The molecule has 2 heterocycles. The molecule has 1 fully saturated rings. The molecule has 0 aliphatic carbocycles. The number of likely N-dealkylation sites (tertiary alicyclic amines) is 1. The zero-order chi connectivity index (χ0) is 15.1. The molecule has 21 heavy (non-hydrogen) atoms. The van der Waals surface area contributed by atoms with E-state index in [1.54, 1.807) is 0 Å². The van der Waals surface area contributed by atoms with Gasteiger partial charge in [-0.2, -0.15) is 0 Å². The van der Waals surface area contributed by atoms with E-state index in [0.717, 1.165) is 29.1 Å². The average molecular weight is 307 g/mol. The van der Waals surface area contributed by atoms with Crippen molar-refractivity contribution in [1.82, 2.24) is 4.90 Å².